The molecule has 0 spiro atoms. The van der Waals surface area contributed by atoms with Crippen LogP contribution in [-0.4, -0.2) is 33.7 Å². The Bertz CT molecular complexity index is 1070. The molecule has 0 aliphatic carbocycles. The Balaban J connectivity index is 1.69. The number of amides is 2. The van der Waals surface area contributed by atoms with Gasteiger partial charge in [0.25, 0.3) is 17.5 Å². The highest BCUT2D eigenvalue weighted by Gasteiger charge is 2.48. The Morgan fingerprint density at radius 1 is 1.31 bits per heavy atom. The van der Waals surface area contributed by atoms with Gasteiger partial charge in [-0.2, -0.15) is 0 Å². The van der Waals surface area contributed by atoms with E-state index in [0.717, 1.165) is 10.6 Å². The van der Waals surface area contributed by atoms with Crippen LogP contribution in [0.25, 0.3) is 0 Å². The van der Waals surface area contributed by atoms with Crippen LogP contribution in [0, 0.1) is 21.9 Å². The van der Waals surface area contributed by atoms with Gasteiger partial charge in [0.1, 0.15) is 22.9 Å². The molecule has 2 aromatic rings. The minimum Gasteiger partial charge on any atom is -0.483 e. The summed E-state index contributed by atoms with van der Waals surface area (Å²) in [6, 6.07) is 8.18. The van der Waals surface area contributed by atoms with Gasteiger partial charge < -0.3 is 4.74 Å². The number of hydrogen-bond acceptors (Lipinski definition) is 7. The molecule has 10 nitrogen and oxygen atoms in total. The standard InChI is InChI=1S/C21H21ClN4O6/c1-11(2)15-9-16(24-29)12(3)8-17(15)32-10-18(27)23-25-20(19(22)21(25)28)13-4-6-14(7-5-13)26(30)31/h4-9,11,19-20H,10H2,1-3H3,(H,23,27). The summed E-state index contributed by atoms with van der Waals surface area (Å²) in [5, 5.41) is 14.0. The van der Waals surface area contributed by atoms with Gasteiger partial charge in [0.2, 0.25) is 0 Å². The van der Waals surface area contributed by atoms with Crippen LogP contribution in [0.4, 0.5) is 11.4 Å². The number of hydrogen-bond donors (Lipinski definition) is 1. The molecule has 1 heterocycles. The molecule has 2 aromatic carbocycles. The fraction of sp³-hybridized carbons (Fsp3) is 0.333. The van der Waals surface area contributed by atoms with Crippen molar-refractivity contribution in [2.24, 2.45) is 5.18 Å². The number of β-lactam (4-membered cyclic amide) rings is 1. The number of benzene rings is 2. The molecule has 2 atom stereocenters. The summed E-state index contributed by atoms with van der Waals surface area (Å²) in [6.45, 7) is 5.17. The van der Waals surface area contributed by atoms with Crippen molar-refractivity contribution in [2.75, 3.05) is 6.61 Å². The zero-order chi connectivity index (χ0) is 23.6. The lowest BCUT2D eigenvalue weighted by atomic mass is 9.95. The minimum absolute atomic E-state index is 0.0228. The van der Waals surface area contributed by atoms with E-state index >= 15 is 0 Å². The summed E-state index contributed by atoms with van der Waals surface area (Å²) in [4.78, 5) is 45.9. The molecule has 11 heteroatoms. The molecule has 2 amide bonds. The summed E-state index contributed by atoms with van der Waals surface area (Å²) in [5.41, 5.74) is 4.56. The van der Waals surface area contributed by atoms with Crippen LogP contribution in [0.5, 0.6) is 5.75 Å². The molecule has 2 unspecified atom stereocenters. The maximum absolute atomic E-state index is 12.5. The van der Waals surface area contributed by atoms with E-state index in [1.165, 1.54) is 24.3 Å². The normalized spacial score (nSPS) is 17.7. The second-order valence-electron chi connectivity index (χ2n) is 7.65. The Labute approximate surface area is 188 Å². The molecule has 168 valence electrons. The molecule has 0 saturated carbocycles. The Morgan fingerprint density at radius 2 is 1.97 bits per heavy atom. The number of carbonyl (C=O) groups is 2. The van der Waals surface area contributed by atoms with Crippen LogP contribution in [0.15, 0.2) is 41.6 Å². The number of nitro groups is 1. The number of nitro benzene ring substituents is 1. The van der Waals surface area contributed by atoms with Crippen LogP contribution in [0.2, 0.25) is 0 Å². The molecule has 1 N–H and O–H groups in total. The smallest absolute Gasteiger partial charge is 0.276 e. The lowest BCUT2D eigenvalue weighted by Gasteiger charge is -2.43. The fourth-order valence-electron chi connectivity index (χ4n) is 3.36. The van der Waals surface area contributed by atoms with E-state index < -0.39 is 28.2 Å². The van der Waals surface area contributed by atoms with E-state index in [4.69, 9.17) is 16.3 Å². The lowest BCUT2D eigenvalue weighted by molar-refractivity contribution is -0.384. The van der Waals surface area contributed by atoms with Crippen LogP contribution < -0.4 is 10.2 Å². The number of carbonyl (C=O) groups excluding carboxylic acids is 2. The molecule has 1 aliphatic rings. The maximum Gasteiger partial charge on any atom is 0.276 e. The first-order valence-electron chi connectivity index (χ1n) is 9.75. The second-order valence-corrected chi connectivity index (χ2v) is 8.12. The Morgan fingerprint density at radius 3 is 2.53 bits per heavy atom. The van der Waals surface area contributed by atoms with Gasteiger partial charge in [-0.25, -0.2) is 5.01 Å². The highest BCUT2D eigenvalue weighted by molar-refractivity contribution is 6.33. The van der Waals surface area contributed by atoms with Crippen molar-refractivity contribution in [3.63, 3.8) is 0 Å². The molecular weight excluding hydrogens is 440 g/mol. The Hall–Kier alpha value is -3.53. The molecule has 1 saturated heterocycles. The van der Waals surface area contributed by atoms with Crippen LogP contribution in [0.1, 0.15) is 42.5 Å². The number of halogens is 1. The summed E-state index contributed by atoms with van der Waals surface area (Å²) >= 11 is 6.11. The van der Waals surface area contributed by atoms with Crippen molar-refractivity contribution in [3.05, 3.63) is 68.1 Å². The monoisotopic (exact) mass is 460 g/mol. The zero-order valence-corrected chi connectivity index (χ0v) is 18.3. The SMILES string of the molecule is Cc1cc(OCC(=O)NN2C(=O)C(Cl)C2c2ccc([N+](=O)[O-])cc2)c(C(C)C)cc1N=O. The van der Waals surface area contributed by atoms with Gasteiger partial charge in [-0.15, -0.1) is 16.5 Å². The number of aryl methyl sites for hydroxylation is 1. The summed E-state index contributed by atoms with van der Waals surface area (Å²) < 4.78 is 5.65. The maximum atomic E-state index is 12.5. The molecule has 0 aromatic heterocycles. The highest BCUT2D eigenvalue weighted by Crippen LogP contribution is 2.38. The number of hydrazine groups is 1. The van der Waals surface area contributed by atoms with Gasteiger partial charge in [0, 0.05) is 12.1 Å². The molecule has 3 rings (SSSR count). The number of rotatable bonds is 8. The quantitative estimate of drug-likeness (QED) is 0.208. The zero-order valence-electron chi connectivity index (χ0n) is 17.6. The van der Waals surface area contributed by atoms with E-state index in [1.54, 1.807) is 19.1 Å². The fourth-order valence-corrected chi connectivity index (χ4v) is 3.72. The van der Waals surface area contributed by atoms with Gasteiger partial charge >= 0.3 is 0 Å². The van der Waals surface area contributed by atoms with Gasteiger partial charge in [0.05, 0.1) is 4.92 Å². The molecule has 1 aliphatic heterocycles. The van der Waals surface area contributed by atoms with Crippen LogP contribution in [0.3, 0.4) is 0 Å². The highest BCUT2D eigenvalue weighted by atomic mass is 35.5. The Kier molecular flexibility index (Phi) is 6.73. The number of nitrogens with one attached hydrogen (secondary N) is 1. The van der Waals surface area contributed by atoms with E-state index in [-0.39, 0.29) is 18.2 Å². The molecule has 0 radical (unpaired) electrons. The average Bonchev–Trinajstić information content (AvgIpc) is 2.77. The summed E-state index contributed by atoms with van der Waals surface area (Å²) in [6.07, 6.45) is 0. The summed E-state index contributed by atoms with van der Waals surface area (Å²) in [7, 11) is 0. The van der Waals surface area contributed by atoms with E-state index in [2.05, 4.69) is 10.6 Å². The lowest BCUT2D eigenvalue weighted by Crippen LogP contribution is -2.63. The summed E-state index contributed by atoms with van der Waals surface area (Å²) in [5.74, 6) is -0.617. The van der Waals surface area contributed by atoms with Crippen molar-refractivity contribution >= 4 is 34.8 Å². The van der Waals surface area contributed by atoms with E-state index in [1.807, 2.05) is 13.8 Å². The third-order valence-corrected chi connectivity index (χ3v) is 5.55. The van der Waals surface area contributed by atoms with Crippen LogP contribution in [-0.2, 0) is 9.59 Å². The van der Waals surface area contributed by atoms with Crippen molar-refractivity contribution < 1.29 is 19.2 Å². The second kappa shape index (κ2) is 9.31. The number of ether oxygens (including phenoxy) is 1. The first-order valence-corrected chi connectivity index (χ1v) is 10.2. The third kappa shape index (κ3) is 4.54. The topological polar surface area (TPSA) is 131 Å². The first-order chi connectivity index (χ1) is 15.1. The van der Waals surface area contributed by atoms with Gasteiger partial charge in [-0.05, 0) is 59.0 Å². The van der Waals surface area contributed by atoms with Gasteiger partial charge in [0.15, 0.2) is 6.61 Å². The molecular formula is C21H21ClN4O6. The first kappa shape index (κ1) is 23.1. The predicted octanol–water partition coefficient (Wildman–Crippen LogP) is 4.03. The van der Waals surface area contributed by atoms with Crippen molar-refractivity contribution in [1.29, 1.82) is 0 Å². The minimum atomic E-state index is -0.906. The van der Waals surface area contributed by atoms with E-state index in [9.17, 15) is 24.6 Å². The molecule has 0 bridgehead atoms. The van der Waals surface area contributed by atoms with Crippen LogP contribution >= 0.6 is 11.6 Å². The number of nitroso groups, excluding NO2 is 1. The van der Waals surface area contributed by atoms with Gasteiger partial charge in [-0.1, -0.05) is 13.8 Å². The van der Waals surface area contributed by atoms with Crippen molar-refractivity contribution in [3.8, 4) is 5.75 Å². The number of non-ortho nitro benzene ring substituents is 1. The third-order valence-electron chi connectivity index (χ3n) is 5.13. The van der Waals surface area contributed by atoms with Crippen molar-refractivity contribution in [1.82, 2.24) is 10.4 Å². The molecule has 1 fully saturated rings. The van der Waals surface area contributed by atoms with E-state index in [0.29, 0.717) is 22.6 Å². The number of alkyl halides is 1. The number of nitrogens with zero attached hydrogens (tertiary/aromatic N) is 3. The van der Waals surface area contributed by atoms with Crippen molar-refractivity contribution in [2.45, 2.75) is 38.1 Å². The average molecular weight is 461 g/mol. The largest absolute Gasteiger partial charge is 0.483 e. The molecule has 32 heavy (non-hydrogen) atoms. The predicted molar refractivity (Wildman–Crippen MR) is 117 cm³/mol. The van der Waals surface area contributed by atoms with Gasteiger partial charge in [-0.3, -0.25) is 25.1 Å².